The van der Waals surface area contributed by atoms with Gasteiger partial charge in [-0.15, -0.1) is 0 Å². The molecule has 0 aromatic heterocycles. The topological polar surface area (TPSA) is 17.3 Å². The molecule has 17 heavy (non-hydrogen) atoms. The molecule has 1 aromatic rings. The highest BCUT2D eigenvalue weighted by Gasteiger charge is 2.29. The zero-order chi connectivity index (χ0) is 11.5. The molecule has 0 bridgehead atoms. The van der Waals surface area contributed by atoms with Crippen molar-refractivity contribution in [3.8, 4) is 0 Å². The summed E-state index contributed by atoms with van der Waals surface area (Å²) in [4.78, 5) is 2.58. The minimum atomic E-state index is 0.497. The molecule has 2 fully saturated rings. The average molecular weight is 229 g/mol. The van der Waals surface area contributed by atoms with Crippen molar-refractivity contribution in [2.24, 2.45) is 0 Å². The Morgan fingerprint density at radius 1 is 1.06 bits per heavy atom. The van der Waals surface area contributed by atoms with E-state index in [1.54, 1.807) is 0 Å². The number of rotatable bonds is 2. The Balaban J connectivity index is 1.67. The van der Waals surface area contributed by atoms with Crippen molar-refractivity contribution in [3.63, 3.8) is 0 Å². The van der Waals surface area contributed by atoms with Crippen LogP contribution in [0.3, 0.4) is 0 Å². The molecule has 0 spiro atoms. The third-order valence-corrected chi connectivity index (χ3v) is 4.15. The van der Waals surface area contributed by atoms with Crippen molar-refractivity contribution >= 4 is 0 Å². The molecular weight excluding hydrogens is 208 g/mol. The summed E-state index contributed by atoms with van der Waals surface area (Å²) >= 11 is 0. The molecule has 1 aromatic carbocycles. The minimum absolute atomic E-state index is 0.497. The molecule has 91 valence electrons. The molecule has 0 N–H and O–H groups in total. The molecule has 2 heteroatoms. The van der Waals surface area contributed by atoms with E-state index in [0.29, 0.717) is 6.17 Å². The zero-order valence-corrected chi connectivity index (χ0v) is 10.4. The van der Waals surface area contributed by atoms with E-state index in [1.165, 1.54) is 44.3 Å². The first-order valence-corrected chi connectivity index (χ1v) is 6.89. The number of nitrogens with zero attached hydrogens (tertiary/aromatic N) is 2. The molecule has 0 saturated carbocycles. The lowest BCUT2D eigenvalue weighted by molar-refractivity contribution is 0.154. The molecule has 1 radical (unpaired) electrons. The van der Waals surface area contributed by atoms with Crippen LogP contribution < -0.4 is 5.32 Å². The monoisotopic (exact) mass is 229 g/mol. The van der Waals surface area contributed by atoms with Crippen molar-refractivity contribution in [1.29, 1.82) is 0 Å². The summed E-state index contributed by atoms with van der Waals surface area (Å²) in [5, 5.41) is 4.81. The number of piperidine rings is 1. The number of hydrogen-bond acceptors (Lipinski definition) is 1. The van der Waals surface area contributed by atoms with E-state index in [1.807, 2.05) is 0 Å². The van der Waals surface area contributed by atoms with Gasteiger partial charge >= 0.3 is 0 Å². The van der Waals surface area contributed by atoms with E-state index < -0.39 is 0 Å². The van der Waals surface area contributed by atoms with Gasteiger partial charge in [0.15, 0.2) is 0 Å². The first-order valence-electron chi connectivity index (χ1n) is 6.89. The van der Waals surface area contributed by atoms with E-state index in [9.17, 15) is 0 Å². The van der Waals surface area contributed by atoms with Crippen molar-refractivity contribution in [1.82, 2.24) is 10.2 Å². The third kappa shape index (κ3) is 2.53. The van der Waals surface area contributed by atoms with Gasteiger partial charge in [0, 0.05) is 6.54 Å². The Kier molecular flexibility index (Phi) is 3.44. The maximum absolute atomic E-state index is 4.81. The fourth-order valence-electron chi connectivity index (χ4n) is 3.16. The second-order valence-corrected chi connectivity index (χ2v) is 5.26. The van der Waals surface area contributed by atoms with Crippen LogP contribution in [-0.2, 0) is 0 Å². The van der Waals surface area contributed by atoms with Crippen LogP contribution in [0.1, 0.15) is 37.2 Å². The summed E-state index contributed by atoms with van der Waals surface area (Å²) in [5.41, 5.74) is 1.51. The minimum Gasteiger partial charge on any atom is -0.287 e. The highest BCUT2D eigenvalue weighted by Crippen LogP contribution is 2.30. The quantitative estimate of drug-likeness (QED) is 0.762. The lowest BCUT2D eigenvalue weighted by atomic mass is 9.88. The van der Waals surface area contributed by atoms with Crippen LogP contribution in [0.4, 0.5) is 0 Å². The fourth-order valence-corrected chi connectivity index (χ4v) is 3.16. The summed E-state index contributed by atoms with van der Waals surface area (Å²) < 4.78 is 0. The normalized spacial score (nSPS) is 30.6. The molecule has 2 aliphatic heterocycles. The standard InChI is InChI=1S/C15H21N2/c1-2-6-13(7-3-1)14-8-9-16-15(12-14)17-10-4-5-11-17/h1-3,6-7,14-15H,4-5,8-12H2. The fraction of sp³-hybridized carbons (Fsp3) is 0.600. The van der Waals surface area contributed by atoms with Crippen molar-refractivity contribution in [3.05, 3.63) is 35.9 Å². The SMILES string of the molecule is c1ccc(C2CC[N]C(N3CCCC3)C2)cc1. The predicted octanol–water partition coefficient (Wildman–Crippen LogP) is 2.59. The van der Waals surface area contributed by atoms with Crippen LogP contribution in [0.25, 0.3) is 0 Å². The van der Waals surface area contributed by atoms with Gasteiger partial charge in [0.1, 0.15) is 0 Å². The van der Waals surface area contributed by atoms with Crippen molar-refractivity contribution < 1.29 is 0 Å². The Hall–Kier alpha value is -0.860. The highest BCUT2D eigenvalue weighted by molar-refractivity contribution is 5.20. The van der Waals surface area contributed by atoms with E-state index in [4.69, 9.17) is 5.32 Å². The molecule has 3 rings (SSSR count). The maximum atomic E-state index is 4.81. The summed E-state index contributed by atoms with van der Waals surface area (Å²) in [7, 11) is 0. The summed E-state index contributed by atoms with van der Waals surface area (Å²) in [6.07, 6.45) is 5.68. The van der Waals surface area contributed by atoms with Gasteiger partial charge in [-0.3, -0.25) is 4.90 Å². The van der Waals surface area contributed by atoms with Crippen LogP contribution in [0.5, 0.6) is 0 Å². The van der Waals surface area contributed by atoms with Crippen LogP contribution in [0.15, 0.2) is 30.3 Å². The van der Waals surface area contributed by atoms with Gasteiger partial charge in [0.25, 0.3) is 0 Å². The van der Waals surface area contributed by atoms with Gasteiger partial charge in [-0.05, 0) is 50.3 Å². The van der Waals surface area contributed by atoms with E-state index >= 15 is 0 Å². The van der Waals surface area contributed by atoms with Gasteiger partial charge in [0.2, 0.25) is 0 Å². The Labute approximate surface area is 104 Å². The summed E-state index contributed by atoms with van der Waals surface area (Å²) in [5.74, 6) is 0.722. The van der Waals surface area contributed by atoms with Crippen molar-refractivity contribution in [2.45, 2.75) is 37.8 Å². The summed E-state index contributed by atoms with van der Waals surface area (Å²) in [6, 6.07) is 11.0. The molecule has 0 aliphatic carbocycles. The van der Waals surface area contributed by atoms with E-state index in [0.717, 1.165) is 12.5 Å². The predicted molar refractivity (Wildman–Crippen MR) is 70.0 cm³/mol. The molecule has 2 saturated heterocycles. The summed E-state index contributed by atoms with van der Waals surface area (Å²) in [6.45, 7) is 3.56. The highest BCUT2D eigenvalue weighted by atomic mass is 15.3. The Morgan fingerprint density at radius 3 is 2.59 bits per heavy atom. The molecule has 2 atom stereocenters. The molecule has 2 heterocycles. The van der Waals surface area contributed by atoms with E-state index in [2.05, 4.69) is 35.2 Å². The first kappa shape index (κ1) is 11.2. The largest absolute Gasteiger partial charge is 0.287 e. The van der Waals surface area contributed by atoms with Crippen LogP contribution in [0, 0.1) is 0 Å². The zero-order valence-electron chi connectivity index (χ0n) is 10.4. The van der Waals surface area contributed by atoms with Crippen LogP contribution in [-0.4, -0.2) is 30.7 Å². The van der Waals surface area contributed by atoms with Crippen LogP contribution in [0.2, 0.25) is 0 Å². The smallest absolute Gasteiger partial charge is 0.0766 e. The Bertz CT molecular complexity index is 343. The number of benzene rings is 1. The number of hydrogen-bond donors (Lipinski definition) is 0. The molecule has 2 nitrogen and oxygen atoms in total. The van der Waals surface area contributed by atoms with Gasteiger partial charge in [0.05, 0.1) is 6.17 Å². The maximum Gasteiger partial charge on any atom is 0.0766 e. The number of likely N-dealkylation sites (tertiary alicyclic amines) is 1. The molecule has 2 unspecified atom stereocenters. The van der Waals surface area contributed by atoms with Crippen LogP contribution >= 0.6 is 0 Å². The van der Waals surface area contributed by atoms with Gasteiger partial charge in [-0.25, -0.2) is 5.32 Å². The third-order valence-electron chi connectivity index (χ3n) is 4.15. The second-order valence-electron chi connectivity index (χ2n) is 5.26. The van der Waals surface area contributed by atoms with Gasteiger partial charge in [-0.1, -0.05) is 30.3 Å². The average Bonchev–Trinajstić information content (AvgIpc) is 2.94. The lowest BCUT2D eigenvalue weighted by Crippen LogP contribution is -2.44. The van der Waals surface area contributed by atoms with E-state index in [-0.39, 0.29) is 0 Å². The molecule has 0 amide bonds. The molecular formula is C15H21N2. The van der Waals surface area contributed by atoms with Crippen molar-refractivity contribution in [2.75, 3.05) is 19.6 Å². The second kappa shape index (κ2) is 5.19. The lowest BCUT2D eigenvalue weighted by Gasteiger charge is -2.35. The Morgan fingerprint density at radius 2 is 1.82 bits per heavy atom. The van der Waals surface area contributed by atoms with Gasteiger partial charge in [-0.2, -0.15) is 0 Å². The first-order chi connectivity index (χ1) is 8.43. The van der Waals surface area contributed by atoms with Gasteiger partial charge < -0.3 is 0 Å². The molecule has 2 aliphatic rings.